The largest absolute Gasteiger partial charge is 0.416 e. The third-order valence-corrected chi connectivity index (χ3v) is 3.29. The lowest BCUT2D eigenvalue weighted by Crippen LogP contribution is -2.54. The maximum Gasteiger partial charge on any atom is 0.416 e. The zero-order valence-corrected chi connectivity index (χ0v) is 10.5. The summed E-state index contributed by atoms with van der Waals surface area (Å²) in [5.41, 5.74) is 0.255. The molecule has 1 fully saturated rings. The van der Waals surface area contributed by atoms with Crippen LogP contribution in [0.3, 0.4) is 0 Å². The van der Waals surface area contributed by atoms with Crippen LogP contribution in [-0.4, -0.2) is 25.2 Å². The molecule has 1 aliphatic rings. The summed E-state index contributed by atoms with van der Waals surface area (Å²) in [6.07, 6.45) is -4.26. The van der Waals surface area contributed by atoms with Crippen LogP contribution < -0.4 is 10.2 Å². The Kier molecular flexibility index (Phi) is 3.52. The Morgan fingerprint density at radius 2 is 1.78 bits per heavy atom. The monoisotopic (exact) mass is 258 g/mol. The molecule has 0 bridgehead atoms. The molecule has 2 atom stereocenters. The molecular formula is C13H17F3N2. The maximum atomic E-state index is 12.5. The van der Waals surface area contributed by atoms with Crippen LogP contribution in [0.15, 0.2) is 24.3 Å². The summed E-state index contributed by atoms with van der Waals surface area (Å²) in [4.78, 5) is 2.14. The Morgan fingerprint density at radius 3 is 2.33 bits per heavy atom. The van der Waals surface area contributed by atoms with Crippen molar-refractivity contribution in [3.63, 3.8) is 0 Å². The molecule has 0 saturated carbocycles. The van der Waals surface area contributed by atoms with Gasteiger partial charge in [0.05, 0.1) is 5.56 Å². The van der Waals surface area contributed by atoms with Gasteiger partial charge in [-0.1, -0.05) is 0 Å². The zero-order valence-electron chi connectivity index (χ0n) is 10.5. The smallest absolute Gasteiger partial charge is 0.366 e. The molecule has 0 radical (unpaired) electrons. The second kappa shape index (κ2) is 4.80. The number of halogens is 3. The quantitative estimate of drug-likeness (QED) is 0.833. The first-order valence-corrected chi connectivity index (χ1v) is 6.05. The highest BCUT2D eigenvalue weighted by molar-refractivity contribution is 5.49. The first-order valence-electron chi connectivity index (χ1n) is 6.05. The Labute approximate surface area is 105 Å². The van der Waals surface area contributed by atoms with Gasteiger partial charge in [0, 0.05) is 30.9 Å². The van der Waals surface area contributed by atoms with Crippen molar-refractivity contribution in [1.82, 2.24) is 5.32 Å². The molecule has 2 rings (SSSR count). The number of nitrogens with one attached hydrogen (secondary N) is 1. The van der Waals surface area contributed by atoms with Gasteiger partial charge in [0.25, 0.3) is 0 Å². The minimum Gasteiger partial charge on any atom is -0.366 e. The molecule has 0 amide bonds. The van der Waals surface area contributed by atoms with Crippen LogP contribution in [0.4, 0.5) is 18.9 Å². The average Bonchev–Trinajstić information content (AvgIpc) is 2.31. The fourth-order valence-corrected chi connectivity index (χ4v) is 2.22. The van der Waals surface area contributed by atoms with Gasteiger partial charge < -0.3 is 10.2 Å². The molecular weight excluding hydrogens is 241 g/mol. The molecule has 1 unspecified atom stereocenters. The first kappa shape index (κ1) is 13.2. The van der Waals surface area contributed by atoms with Gasteiger partial charge in [-0.2, -0.15) is 13.2 Å². The van der Waals surface area contributed by atoms with Gasteiger partial charge in [-0.15, -0.1) is 0 Å². The second-order valence-electron chi connectivity index (χ2n) is 4.86. The van der Waals surface area contributed by atoms with E-state index in [4.69, 9.17) is 0 Å². The molecule has 5 heteroatoms. The lowest BCUT2D eigenvalue weighted by Gasteiger charge is -2.39. The van der Waals surface area contributed by atoms with Gasteiger partial charge in [-0.05, 0) is 38.1 Å². The predicted molar refractivity (Wildman–Crippen MR) is 65.7 cm³/mol. The lowest BCUT2D eigenvalue weighted by atomic mass is 10.1. The number of nitrogens with zero attached hydrogens (tertiary/aromatic N) is 1. The van der Waals surface area contributed by atoms with Crippen LogP contribution in [0.1, 0.15) is 19.4 Å². The lowest BCUT2D eigenvalue weighted by molar-refractivity contribution is -0.137. The molecule has 1 aliphatic heterocycles. The highest BCUT2D eigenvalue weighted by Crippen LogP contribution is 2.31. The van der Waals surface area contributed by atoms with Gasteiger partial charge >= 0.3 is 6.18 Å². The highest BCUT2D eigenvalue weighted by atomic mass is 19.4. The van der Waals surface area contributed by atoms with Crippen molar-refractivity contribution >= 4 is 5.69 Å². The van der Waals surface area contributed by atoms with Gasteiger partial charge in [0.15, 0.2) is 0 Å². The van der Waals surface area contributed by atoms with E-state index in [1.807, 2.05) is 0 Å². The van der Waals surface area contributed by atoms with Crippen LogP contribution >= 0.6 is 0 Å². The maximum absolute atomic E-state index is 12.5. The van der Waals surface area contributed by atoms with Crippen LogP contribution in [0.5, 0.6) is 0 Å². The van der Waals surface area contributed by atoms with Gasteiger partial charge in [-0.25, -0.2) is 0 Å². The summed E-state index contributed by atoms with van der Waals surface area (Å²) >= 11 is 0. The first-order chi connectivity index (χ1) is 8.38. The molecule has 1 heterocycles. The summed E-state index contributed by atoms with van der Waals surface area (Å²) in [5, 5.41) is 3.35. The SMILES string of the molecule is CC1CN(c2ccc(C(F)(F)F)cc2)[C@@H](C)CN1. The summed E-state index contributed by atoms with van der Waals surface area (Å²) < 4.78 is 37.4. The number of anilines is 1. The molecule has 1 aromatic rings. The third-order valence-electron chi connectivity index (χ3n) is 3.29. The van der Waals surface area contributed by atoms with Gasteiger partial charge in [-0.3, -0.25) is 0 Å². The fraction of sp³-hybridized carbons (Fsp3) is 0.538. The van der Waals surface area contributed by atoms with E-state index in [0.717, 1.165) is 30.9 Å². The van der Waals surface area contributed by atoms with E-state index in [9.17, 15) is 13.2 Å². The average molecular weight is 258 g/mol. The molecule has 2 nitrogen and oxygen atoms in total. The predicted octanol–water partition coefficient (Wildman–Crippen LogP) is 2.89. The van der Waals surface area contributed by atoms with Crippen LogP contribution in [0.25, 0.3) is 0 Å². The van der Waals surface area contributed by atoms with Crippen molar-refractivity contribution in [2.45, 2.75) is 32.1 Å². The van der Waals surface area contributed by atoms with Crippen LogP contribution in [-0.2, 0) is 6.18 Å². The van der Waals surface area contributed by atoms with Crippen molar-refractivity contribution in [3.8, 4) is 0 Å². The van der Waals surface area contributed by atoms with E-state index in [-0.39, 0.29) is 6.04 Å². The van der Waals surface area contributed by atoms with E-state index >= 15 is 0 Å². The van der Waals surface area contributed by atoms with Crippen molar-refractivity contribution in [2.75, 3.05) is 18.0 Å². The fourth-order valence-electron chi connectivity index (χ4n) is 2.22. The van der Waals surface area contributed by atoms with Crippen molar-refractivity contribution in [1.29, 1.82) is 0 Å². The molecule has 1 N–H and O–H groups in total. The Morgan fingerprint density at radius 1 is 1.17 bits per heavy atom. The molecule has 0 aromatic heterocycles. The van der Waals surface area contributed by atoms with Crippen LogP contribution in [0.2, 0.25) is 0 Å². The van der Waals surface area contributed by atoms with E-state index in [0.29, 0.717) is 6.04 Å². The van der Waals surface area contributed by atoms with Gasteiger partial charge in [0.1, 0.15) is 0 Å². The van der Waals surface area contributed by atoms with E-state index in [1.54, 1.807) is 12.1 Å². The van der Waals surface area contributed by atoms with Crippen molar-refractivity contribution in [3.05, 3.63) is 29.8 Å². The van der Waals surface area contributed by atoms with Gasteiger partial charge in [0.2, 0.25) is 0 Å². The number of piperazine rings is 1. The van der Waals surface area contributed by atoms with E-state index in [1.165, 1.54) is 0 Å². The Bertz CT molecular complexity index is 400. The normalized spacial score (nSPS) is 25.3. The minimum absolute atomic E-state index is 0.290. The molecule has 1 aromatic carbocycles. The number of benzene rings is 1. The number of hydrogen-bond acceptors (Lipinski definition) is 2. The molecule has 18 heavy (non-hydrogen) atoms. The number of rotatable bonds is 1. The summed E-state index contributed by atoms with van der Waals surface area (Å²) in [6, 6.07) is 6.04. The molecule has 1 saturated heterocycles. The summed E-state index contributed by atoms with van der Waals surface area (Å²) in [6.45, 7) is 5.80. The topological polar surface area (TPSA) is 15.3 Å². The van der Waals surface area contributed by atoms with Crippen LogP contribution in [0, 0.1) is 0 Å². The van der Waals surface area contributed by atoms with Crippen molar-refractivity contribution in [2.24, 2.45) is 0 Å². The van der Waals surface area contributed by atoms with Crippen molar-refractivity contribution < 1.29 is 13.2 Å². The Hall–Kier alpha value is -1.23. The second-order valence-corrected chi connectivity index (χ2v) is 4.86. The Balaban J connectivity index is 2.18. The summed E-state index contributed by atoms with van der Waals surface area (Å²) in [5.74, 6) is 0. The number of alkyl halides is 3. The zero-order chi connectivity index (χ0) is 13.3. The third kappa shape index (κ3) is 2.77. The molecule has 100 valence electrons. The minimum atomic E-state index is -4.26. The standard InChI is InChI=1S/C13H17F3N2/c1-9-8-18(10(2)7-17-9)12-5-3-11(4-6-12)13(14,15)16/h3-6,9-10,17H,7-8H2,1-2H3/t9?,10-/m0/s1. The number of hydrogen-bond donors (Lipinski definition) is 1. The van der Waals surface area contributed by atoms with E-state index in [2.05, 4.69) is 24.1 Å². The molecule has 0 spiro atoms. The van der Waals surface area contributed by atoms with E-state index < -0.39 is 11.7 Å². The highest BCUT2D eigenvalue weighted by Gasteiger charge is 2.30. The molecule has 0 aliphatic carbocycles. The summed E-state index contributed by atoms with van der Waals surface area (Å²) in [7, 11) is 0.